The van der Waals surface area contributed by atoms with E-state index in [1.54, 1.807) is 12.1 Å². The molecule has 0 fully saturated rings. The minimum Gasteiger partial charge on any atom is -0.478 e. The van der Waals surface area contributed by atoms with Gasteiger partial charge in [-0.05, 0) is 30.5 Å². The van der Waals surface area contributed by atoms with Gasteiger partial charge in [0, 0.05) is 0 Å². The van der Waals surface area contributed by atoms with Gasteiger partial charge < -0.3 is 9.84 Å². The Morgan fingerprint density at radius 1 is 1.15 bits per heavy atom. The van der Waals surface area contributed by atoms with Gasteiger partial charge in [-0.1, -0.05) is 39.2 Å². The summed E-state index contributed by atoms with van der Waals surface area (Å²) in [7, 11) is 0. The van der Waals surface area contributed by atoms with Crippen molar-refractivity contribution in [2.45, 2.75) is 39.5 Å². The highest BCUT2D eigenvalue weighted by Crippen LogP contribution is 2.10. The zero-order valence-electron chi connectivity index (χ0n) is 12.1. The van der Waals surface area contributed by atoms with E-state index < -0.39 is 11.9 Å². The van der Waals surface area contributed by atoms with Crippen LogP contribution in [0.3, 0.4) is 0 Å². The van der Waals surface area contributed by atoms with Gasteiger partial charge in [0.1, 0.15) is 0 Å². The Labute approximate surface area is 119 Å². The van der Waals surface area contributed by atoms with E-state index in [4.69, 9.17) is 9.84 Å². The van der Waals surface area contributed by atoms with Crippen molar-refractivity contribution in [3.05, 3.63) is 35.4 Å². The van der Waals surface area contributed by atoms with Crippen LogP contribution in [-0.4, -0.2) is 23.7 Å². The molecule has 0 aliphatic heterocycles. The van der Waals surface area contributed by atoms with Crippen molar-refractivity contribution in [2.75, 3.05) is 6.61 Å². The van der Waals surface area contributed by atoms with Crippen LogP contribution in [0.15, 0.2) is 24.3 Å². The van der Waals surface area contributed by atoms with Crippen LogP contribution < -0.4 is 0 Å². The molecule has 0 aliphatic rings. The summed E-state index contributed by atoms with van der Waals surface area (Å²) >= 11 is 0. The van der Waals surface area contributed by atoms with Crippen LogP contribution in [0.1, 0.15) is 60.2 Å². The second-order valence-corrected chi connectivity index (χ2v) is 5.27. The highest BCUT2D eigenvalue weighted by atomic mass is 16.5. The van der Waals surface area contributed by atoms with E-state index in [1.807, 2.05) is 0 Å². The fraction of sp³-hybridized carbons (Fsp3) is 0.500. The molecule has 110 valence electrons. The van der Waals surface area contributed by atoms with Crippen LogP contribution in [0.5, 0.6) is 0 Å². The molecule has 0 aromatic heterocycles. The molecule has 4 nitrogen and oxygen atoms in total. The largest absolute Gasteiger partial charge is 0.478 e. The van der Waals surface area contributed by atoms with Crippen molar-refractivity contribution in [1.82, 2.24) is 0 Å². The summed E-state index contributed by atoms with van der Waals surface area (Å²) in [5, 5.41) is 8.86. The summed E-state index contributed by atoms with van der Waals surface area (Å²) in [5.74, 6) is -0.804. The average Bonchev–Trinajstić information content (AvgIpc) is 2.42. The molecule has 4 heteroatoms. The maximum absolute atomic E-state index is 11.7. The first kappa shape index (κ1) is 16.2. The molecule has 0 spiro atoms. The van der Waals surface area contributed by atoms with Crippen LogP contribution in [-0.2, 0) is 4.74 Å². The number of carboxylic acid groups (broad SMARTS) is 1. The van der Waals surface area contributed by atoms with Crippen molar-refractivity contribution >= 4 is 11.9 Å². The number of hydrogen-bond donors (Lipinski definition) is 1. The van der Waals surface area contributed by atoms with Crippen LogP contribution >= 0.6 is 0 Å². The van der Waals surface area contributed by atoms with E-state index in [1.165, 1.54) is 18.6 Å². The number of aromatic carboxylic acids is 1. The fourth-order valence-electron chi connectivity index (χ4n) is 1.86. The fourth-order valence-corrected chi connectivity index (χ4v) is 1.86. The van der Waals surface area contributed by atoms with Gasteiger partial charge >= 0.3 is 11.9 Å². The molecule has 0 heterocycles. The first-order chi connectivity index (χ1) is 9.50. The molecule has 1 N–H and O–H groups in total. The van der Waals surface area contributed by atoms with Gasteiger partial charge in [-0.15, -0.1) is 0 Å². The standard InChI is InChI=1S/C16H22O4/c1-12(2)7-4-3-5-10-20-16(19)14-9-6-8-13(11-14)15(17)18/h6,8-9,11-12H,3-5,7,10H2,1-2H3,(H,17,18). The van der Waals surface area contributed by atoms with Crippen LogP contribution in [0, 0.1) is 5.92 Å². The maximum atomic E-state index is 11.7. The normalized spacial score (nSPS) is 10.6. The van der Waals surface area contributed by atoms with Gasteiger partial charge in [0.15, 0.2) is 0 Å². The maximum Gasteiger partial charge on any atom is 0.338 e. The quantitative estimate of drug-likeness (QED) is 0.581. The second-order valence-electron chi connectivity index (χ2n) is 5.27. The van der Waals surface area contributed by atoms with Gasteiger partial charge in [0.2, 0.25) is 0 Å². The number of benzene rings is 1. The van der Waals surface area contributed by atoms with E-state index in [-0.39, 0.29) is 11.1 Å². The highest BCUT2D eigenvalue weighted by Gasteiger charge is 2.10. The molecule has 0 bridgehead atoms. The van der Waals surface area contributed by atoms with E-state index in [0.29, 0.717) is 12.5 Å². The van der Waals surface area contributed by atoms with Crippen molar-refractivity contribution < 1.29 is 19.4 Å². The topological polar surface area (TPSA) is 63.6 Å². The molecule has 0 radical (unpaired) electrons. The summed E-state index contributed by atoms with van der Waals surface area (Å²) in [6, 6.07) is 5.89. The molecule has 0 saturated carbocycles. The first-order valence-electron chi connectivity index (χ1n) is 7.01. The minimum atomic E-state index is -1.05. The molecule has 1 aromatic carbocycles. The predicted molar refractivity (Wildman–Crippen MR) is 77.0 cm³/mol. The summed E-state index contributed by atoms with van der Waals surface area (Å²) in [6.07, 6.45) is 4.22. The van der Waals surface area contributed by atoms with Gasteiger partial charge in [-0.3, -0.25) is 0 Å². The molecular formula is C16H22O4. The lowest BCUT2D eigenvalue weighted by atomic mass is 10.1. The predicted octanol–water partition coefficient (Wildman–Crippen LogP) is 3.76. The number of ether oxygens (including phenoxy) is 1. The third-order valence-electron chi connectivity index (χ3n) is 3.00. The summed E-state index contributed by atoms with van der Waals surface area (Å²) in [4.78, 5) is 22.6. The molecule has 0 amide bonds. The molecule has 0 aliphatic carbocycles. The Bertz CT molecular complexity index is 452. The Morgan fingerprint density at radius 2 is 1.85 bits per heavy atom. The summed E-state index contributed by atoms with van der Waals surface area (Å²) in [6.45, 7) is 4.76. The molecule has 20 heavy (non-hydrogen) atoms. The van der Waals surface area contributed by atoms with Crippen LogP contribution in [0.4, 0.5) is 0 Å². The monoisotopic (exact) mass is 278 g/mol. The Kier molecular flexibility index (Phi) is 6.77. The van der Waals surface area contributed by atoms with Gasteiger partial charge in [-0.2, -0.15) is 0 Å². The van der Waals surface area contributed by atoms with Crippen LogP contribution in [0.25, 0.3) is 0 Å². The van der Waals surface area contributed by atoms with E-state index >= 15 is 0 Å². The lowest BCUT2D eigenvalue weighted by Gasteiger charge is -2.06. The minimum absolute atomic E-state index is 0.0939. The Balaban J connectivity index is 2.32. The van der Waals surface area contributed by atoms with Crippen molar-refractivity contribution in [2.24, 2.45) is 5.92 Å². The lowest BCUT2D eigenvalue weighted by Crippen LogP contribution is -2.08. The van der Waals surface area contributed by atoms with Gasteiger partial charge in [0.25, 0.3) is 0 Å². The van der Waals surface area contributed by atoms with Crippen molar-refractivity contribution in [1.29, 1.82) is 0 Å². The number of esters is 1. The molecule has 1 aromatic rings. The number of hydrogen-bond acceptors (Lipinski definition) is 3. The molecular weight excluding hydrogens is 256 g/mol. The van der Waals surface area contributed by atoms with Crippen molar-refractivity contribution in [3.8, 4) is 0 Å². The molecule has 0 saturated heterocycles. The third kappa shape index (κ3) is 5.87. The van der Waals surface area contributed by atoms with E-state index in [0.717, 1.165) is 19.3 Å². The lowest BCUT2D eigenvalue weighted by molar-refractivity contribution is 0.0497. The summed E-state index contributed by atoms with van der Waals surface area (Å²) in [5.41, 5.74) is 0.378. The first-order valence-corrected chi connectivity index (χ1v) is 7.01. The summed E-state index contributed by atoms with van der Waals surface area (Å²) < 4.78 is 5.14. The second kappa shape index (κ2) is 8.35. The molecule has 0 atom stereocenters. The van der Waals surface area contributed by atoms with Crippen molar-refractivity contribution in [3.63, 3.8) is 0 Å². The van der Waals surface area contributed by atoms with Gasteiger partial charge in [-0.25, -0.2) is 9.59 Å². The molecule has 0 unspecified atom stereocenters. The van der Waals surface area contributed by atoms with E-state index in [2.05, 4.69) is 13.8 Å². The van der Waals surface area contributed by atoms with Crippen LogP contribution in [0.2, 0.25) is 0 Å². The smallest absolute Gasteiger partial charge is 0.338 e. The van der Waals surface area contributed by atoms with Gasteiger partial charge in [0.05, 0.1) is 17.7 Å². The number of unbranched alkanes of at least 4 members (excludes halogenated alkanes) is 2. The molecule has 1 rings (SSSR count). The zero-order chi connectivity index (χ0) is 15.0. The third-order valence-corrected chi connectivity index (χ3v) is 3.00. The average molecular weight is 278 g/mol. The Morgan fingerprint density at radius 3 is 2.50 bits per heavy atom. The number of carbonyl (C=O) groups excluding carboxylic acids is 1. The SMILES string of the molecule is CC(C)CCCCCOC(=O)c1cccc(C(=O)O)c1. The zero-order valence-corrected chi connectivity index (χ0v) is 12.1. The Hall–Kier alpha value is -1.84. The number of rotatable bonds is 8. The number of carboxylic acids is 1. The number of carbonyl (C=O) groups is 2. The van der Waals surface area contributed by atoms with E-state index in [9.17, 15) is 9.59 Å². The highest BCUT2D eigenvalue weighted by molar-refractivity contribution is 5.94.